The van der Waals surface area contributed by atoms with Gasteiger partial charge < -0.3 is 0 Å². The van der Waals surface area contributed by atoms with Crippen LogP contribution in [-0.2, 0) is 0 Å². The Bertz CT molecular complexity index is 239. The molecule has 0 N–H and O–H groups in total. The molecule has 0 amide bonds. The van der Waals surface area contributed by atoms with E-state index in [1.165, 1.54) is 25.7 Å². The topological polar surface area (TPSA) is 27.0 Å². The maximum atomic E-state index is 8.69. The minimum absolute atomic E-state index is 0.419. The van der Waals surface area contributed by atoms with Crippen molar-refractivity contribution in [1.29, 1.82) is 5.26 Å². The molecule has 1 fully saturated rings. The molecule has 0 aliphatic heterocycles. The first-order valence-corrected chi connectivity index (χ1v) is 6.99. The van der Waals surface area contributed by atoms with Crippen LogP contribution >= 0.6 is 12.6 Å². The molecule has 0 unspecified atom stereocenters. The molecule has 1 aliphatic carbocycles. The summed E-state index contributed by atoms with van der Waals surface area (Å²) in [4.78, 5) is 2.45. The normalized spacial score (nSPS) is 19.2. The van der Waals surface area contributed by atoms with Crippen molar-refractivity contribution in [2.75, 3.05) is 18.8 Å². The third-order valence-electron chi connectivity index (χ3n) is 3.78. The lowest BCUT2D eigenvalue weighted by atomic mass is 9.87. The number of hydrogen-bond donors (Lipinski definition) is 1. The first-order valence-electron chi connectivity index (χ1n) is 6.35. The van der Waals surface area contributed by atoms with E-state index in [0.717, 1.165) is 18.8 Å². The molecule has 0 heterocycles. The minimum atomic E-state index is 0.419. The molecular formula is C13H24N2S. The fourth-order valence-electron chi connectivity index (χ4n) is 2.64. The standard InChI is InChI=1S/C13H24N2S/c1-12(2)15(9-5-8-14)10-13(11-16)6-3-4-7-13/h12,16H,3-7,9-11H2,1-2H3. The Labute approximate surface area is 105 Å². The smallest absolute Gasteiger partial charge is 0.0635 e. The van der Waals surface area contributed by atoms with E-state index < -0.39 is 0 Å². The summed E-state index contributed by atoms with van der Waals surface area (Å²) in [5, 5.41) is 8.69. The van der Waals surface area contributed by atoms with E-state index in [-0.39, 0.29) is 0 Å². The summed E-state index contributed by atoms with van der Waals surface area (Å²) in [6, 6.07) is 2.78. The van der Waals surface area contributed by atoms with Crippen molar-refractivity contribution >= 4 is 12.6 Å². The minimum Gasteiger partial charge on any atom is -0.299 e. The Morgan fingerprint density at radius 2 is 2.00 bits per heavy atom. The summed E-state index contributed by atoms with van der Waals surface area (Å²) in [6.07, 6.45) is 5.97. The fraction of sp³-hybridized carbons (Fsp3) is 0.923. The van der Waals surface area contributed by atoms with Crippen molar-refractivity contribution in [2.24, 2.45) is 5.41 Å². The summed E-state index contributed by atoms with van der Waals surface area (Å²) < 4.78 is 0. The fourth-order valence-corrected chi connectivity index (χ4v) is 3.05. The van der Waals surface area contributed by atoms with Gasteiger partial charge in [0.1, 0.15) is 0 Å². The third kappa shape index (κ3) is 3.68. The Kier molecular flexibility index (Phi) is 5.64. The second kappa shape index (κ2) is 6.51. The highest BCUT2D eigenvalue weighted by molar-refractivity contribution is 7.80. The average molecular weight is 240 g/mol. The first-order chi connectivity index (χ1) is 7.63. The van der Waals surface area contributed by atoms with E-state index in [1.54, 1.807) is 0 Å². The van der Waals surface area contributed by atoms with Gasteiger partial charge in [0.25, 0.3) is 0 Å². The molecule has 0 radical (unpaired) electrons. The van der Waals surface area contributed by atoms with Gasteiger partial charge >= 0.3 is 0 Å². The molecule has 2 nitrogen and oxygen atoms in total. The van der Waals surface area contributed by atoms with Gasteiger partial charge in [0, 0.05) is 25.6 Å². The van der Waals surface area contributed by atoms with Crippen LogP contribution in [0.15, 0.2) is 0 Å². The van der Waals surface area contributed by atoms with Crippen molar-refractivity contribution in [3.63, 3.8) is 0 Å². The predicted molar refractivity (Wildman–Crippen MR) is 71.7 cm³/mol. The summed E-state index contributed by atoms with van der Waals surface area (Å²) >= 11 is 4.54. The molecule has 0 aromatic carbocycles. The monoisotopic (exact) mass is 240 g/mol. The maximum absolute atomic E-state index is 8.69. The van der Waals surface area contributed by atoms with Gasteiger partial charge in [0.05, 0.1) is 6.07 Å². The Balaban J connectivity index is 2.55. The van der Waals surface area contributed by atoms with E-state index >= 15 is 0 Å². The highest BCUT2D eigenvalue weighted by Crippen LogP contribution is 2.40. The Morgan fingerprint density at radius 1 is 1.38 bits per heavy atom. The zero-order valence-electron chi connectivity index (χ0n) is 10.6. The molecule has 16 heavy (non-hydrogen) atoms. The average Bonchev–Trinajstić information content (AvgIpc) is 2.73. The number of thiol groups is 1. The van der Waals surface area contributed by atoms with E-state index in [1.807, 2.05) is 0 Å². The van der Waals surface area contributed by atoms with Crippen molar-refractivity contribution in [2.45, 2.75) is 52.0 Å². The van der Waals surface area contributed by atoms with Gasteiger partial charge in [-0.15, -0.1) is 0 Å². The SMILES string of the molecule is CC(C)N(CCC#N)CC1(CS)CCCC1. The maximum Gasteiger partial charge on any atom is 0.0635 e. The largest absolute Gasteiger partial charge is 0.299 e. The number of nitrogens with zero attached hydrogens (tertiary/aromatic N) is 2. The Morgan fingerprint density at radius 3 is 2.44 bits per heavy atom. The van der Waals surface area contributed by atoms with E-state index in [4.69, 9.17) is 5.26 Å². The van der Waals surface area contributed by atoms with Crippen LogP contribution in [0, 0.1) is 16.7 Å². The quantitative estimate of drug-likeness (QED) is 0.722. The molecule has 1 aliphatic rings. The molecule has 0 aromatic rings. The van der Waals surface area contributed by atoms with Crippen LogP contribution in [0.25, 0.3) is 0 Å². The van der Waals surface area contributed by atoms with Crippen LogP contribution in [0.2, 0.25) is 0 Å². The molecule has 1 rings (SSSR count). The summed E-state index contributed by atoms with van der Waals surface area (Å²) in [7, 11) is 0. The molecule has 0 bridgehead atoms. The lowest BCUT2D eigenvalue weighted by molar-refractivity contribution is 0.142. The van der Waals surface area contributed by atoms with Crippen LogP contribution in [0.1, 0.15) is 46.0 Å². The van der Waals surface area contributed by atoms with Crippen molar-refractivity contribution < 1.29 is 0 Å². The van der Waals surface area contributed by atoms with Crippen LogP contribution in [0.4, 0.5) is 0 Å². The number of nitriles is 1. The second-order valence-electron chi connectivity index (χ2n) is 5.34. The molecule has 92 valence electrons. The molecule has 0 atom stereocenters. The number of hydrogen-bond acceptors (Lipinski definition) is 3. The van der Waals surface area contributed by atoms with Crippen molar-refractivity contribution in [3.8, 4) is 6.07 Å². The first kappa shape index (κ1) is 13.9. The van der Waals surface area contributed by atoms with Crippen LogP contribution in [-0.4, -0.2) is 29.8 Å². The molecule has 3 heteroatoms. The van der Waals surface area contributed by atoms with Gasteiger partial charge in [-0.1, -0.05) is 12.8 Å². The highest BCUT2D eigenvalue weighted by atomic mass is 32.1. The van der Waals surface area contributed by atoms with Crippen molar-refractivity contribution in [3.05, 3.63) is 0 Å². The van der Waals surface area contributed by atoms with Crippen LogP contribution in [0.5, 0.6) is 0 Å². The molecule has 0 aromatic heterocycles. The van der Waals surface area contributed by atoms with Gasteiger partial charge in [0.15, 0.2) is 0 Å². The van der Waals surface area contributed by atoms with Gasteiger partial charge in [-0.05, 0) is 37.9 Å². The molecule has 1 saturated carbocycles. The third-order valence-corrected chi connectivity index (χ3v) is 4.45. The van der Waals surface area contributed by atoms with Crippen LogP contribution < -0.4 is 0 Å². The second-order valence-corrected chi connectivity index (χ2v) is 5.65. The zero-order valence-corrected chi connectivity index (χ0v) is 11.5. The highest BCUT2D eigenvalue weighted by Gasteiger charge is 2.34. The lowest BCUT2D eigenvalue weighted by Crippen LogP contribution is -2.41. The summed E-state index contributed by atoms with van der Waals surface area (Å²) in [5.41, 5.74) is 0.419. The lowest BCUT2D eigenvalue weighted by Gasteiger charge is -2.36. The zero-order chi connectivity index (χ0) is 12.0. The predicted octanol–water partition coefficient (Wildman–Crippen LogP) is 3.10. The van der Waals surface area contributed by atoms with Crippen LogP contribution in [0.3, 0.4) is 0 Å². The Hall–Kier alpha value is -0.200. The van der Waals surface area contributed by atoms with E-state index in [2.05, 4.69) is 37.4 Å². The van der Waals surface area contributed by atoms with E-state index in [9.17, 15) is 0 Å². The van der Waals surface area contributed by atoms with Gasteiger partial charge in [-0.25, -0.2) is 0 Å². The molecular weight excluding hydrogens is 216 g/mol. The van der Waals surface area contributed by atoms with Gasteiger partial charge in [0.2, 0.25) is 0 Å². The molecule has 0 saturated heterocycles. The molecule has 0 spiro atoms. The van der Waals surface area contributed by atoms with E-state index in [0.29, 0.717) is 17.9 Å². The van der Waals surface area contributed by atoms with Crippen molar-refractivity contribution in [1.82, 2.24) is 4.90 Å². The van der Waals surface area contributed by atoms with Gasteiger partial charge in [-0.2, -0.15) is 17.9 Å². The summed E-state index contributed by atoms with van der Waals surface area (Å²) in [6.45, 7) is 6.47. The number of rotatable bonds is 6. The summed E-state index contributed by atoms with van der Waals surface area (Å²) in [5.74, 6) is 0.989. The van der Waals surface area contributed by atoms with Gasteiger partial charge in [-0.3, -0.25) is 4.90 Å².